The molecule has 5 atom stereocenters. The number of amides is 3. The second-order valence-electron chi connectivity index (χ2n) is 14.1. The Morgan fingerprint density at radius 3 is 2.28 bits per heavy atom. The molecule has 1 saturated heterocycles. The molecule has 6 N–H and O–H groups in total. The third-order valence-corrected chi connectivity index (χ3v) is 10.2. The van der Waals surface area contributed by atoms with E-state index in [2.05, 4.69) is 36.0 Å². The minimum Gasteiger partial charge on any atom is -0.449 e. The molecule has 2 fully saturated rings. The predicted octanol–water partition coefficient (Wildman–Crippen LogP) is 2.80. The van der Waals surface area contributed by atoms with E-state index in [0.717, 1.165) is 11.1 Å². The number of halogens is 3. The molecular formula is C39H41F3N10O6. The monoisotopic (exact) mass is 802 g/mol. The fourth-order valence-electron chi connectivity index (χ4n) is 7.27. The summed E-state index contributed by atoms with van der Waals surface area (Å²) in [6.45, 7) is 0.313. The Morgan fingerprint density at radius 2 is 1.60 bits per heavy atom. The lowest BCUT2D eigenvalue weighted by Gasteiger charge is -2.22. The number of aromatic nitrogens is 5. The van der Waals surface area contributed by atoms with Gasteiger partial charge in [-0.3, -0.25) is 9.78 Å². The third-order valence-electron chi connectivity index (χ3n) is 10.2. The molecule has 2 aromatic carbocycles. The van der Waals surface area contributed by atoms with Gasteiger partial charge in [-0.15, -0.1) is 0 Å². The Labute approximate surface area is 329 Å². The van der Waals surface area contributed by atoms with Crippen LogP contribution in [-0.4, -0.2) is 109 Å². The number of carbonyl (C=O) groups is 3. The maximum absolute atomic E-state index is 12.8. The molecule has 1 aliphatic heterocycles. The largest absolute Gasteiger partial charge is 0.490 e. The smallest absolute Gasteiger partial charge is 0.449 e. The number of rotatable bonds is 13. The van der Waals surface area contributed by atoms with Crippen LogP contribution in [-0.2, 0) is 20.9 Å². The van der Waals surface area contributed by atoms with Crippen molar-refractivity contribution < 1.29 is 42.5 Å². The highest BCUT2D eigenvalue weighted by molar-refractivity contribution is 5.85. The van der Waals surface area contributed by atoms with E-state index in [9.17, 15) is 37.8 Å². The number of pyridine rings is 1. The zero-order chi connectivity index (χ0) is 40.8. The Morgan fingerprint density at radius 1 is 0.897 bits per heavy atom. The number of hydrogen-bond donors (Lipinski definition) is 6. The number of hydrogen-bond acceptors (Lipinski definition) is 12. The van der Waals surface area contributed by atoms with Crippen molar-refractivity contribution >= 4 is 40.8 Å². The highest BCUT2D eigenvalue weighted by atomic mass is 19.4. The van der Waals surface area contributed by atoms with Crippen molar-refractivity contribution in [2.24, 2.45) is 0 Å². The lowest BCUT2D eigenvalue weighted by Crippen LogP contribution is -2.45. The van der Waals surface area contributed by atoms with Crippen molar-refractivity contribution in [1.82, 2.24) is 40.5 Å². The number of fused-ring (bicyclic) bond motifs is 1. The summed E-state index contributed by atoms with van der Waals surface area (Å²) in [4.78, 5) is 56.8. The van der Waals surface area contributed by atoms with Crippen LogP contribution in [0, 0.1) is 0 Å². The summed E-state index contributed by atoms with van der Waals surface area (Å²) in [6.07, 6.45) is -4.65. The van der Waals surface area contributed by atoms with E-state index in [1.54, 1.807) is 16.8 Å². The lowest BCUT2D eigenvalue weighted by atomic mass is 9.91. The molecule has 3 aromatic heterocycles. The van der Waals surface area contributed by atoms with Crippen LogP contribution in [0.3, 0.4) is 0 Å². The predicted molar refractivity (Wildman–Crippen MR) is 203 cm³/mol. The number of nitrogens with zero attached hydrogens (tertiary/aromatic N) is 6. The van der Waals surface area contributed by atoms with Crippen LogP contribution in [0.1, 0.15) is 41.6 Å². The average molecular weight is 803 g/mol. The maximum atomic E-state index is 12.8. The summed E-state index contributed by atoms with van der Waals surface area (Å²) < 4.78 is 43.3. The highest BCUT2D eigenvalue weighted by Gasteiger charge is 2.45. The van der Waals surface area contributed by atoms with E-state index in [-0.39, 0.29) is 31.0 Å². The average Bonchev–Trinajstić information content (AvgIpc) is 3.94. The quantitative estimate of drug-likeness (QED) is 0.0951. The summed E-state index contributed by atoms with van der Waals surface area (Å²) in [6, 6.07) is 22.8. The lowest BCUT2D eigenvalue weighted by molar-refractivity contribution is -0.200. The zero-order valence-electron chi connectivity index (χ0n) is 30.9. The van der Waals surface area contributed by atoms with Gasteiger partial charge in [0.05, 0.1) is 30.6 Å². The van der Waals surface area contributed by atoms with Gasteiger partial charge in [0.1, 0.15) is 12.2 Å². The highest BCUT2D eigenvalue weighted by Crippen LogP contribution is 2.35. The first-order chi connectivity index (χ1) is 27.9. The number of aliphatic hydroxyl groups is 2. The van der Waals surface area contributed by atoms with Crippen LogP contribution in [0.25, 0.3) is 11.2 Å². The summed E-state index contributed by atoms with van der Waals surface area (Å²) in [5, 5.41) is 33.8. The second kappa shape index (κ2) is 17.4. The summed E-state index contributed by atoms with van der Waals surface area (Å²) >= 11 is 0. The van der Waals surface area contributed by atoms with Gasteiger partial charge in [-0.2, -0.15) is 23.1 Å². The minimum absolute atomic E-state index is 0.0672. The molecule has 0 radical (unpaired) electrons. The fourth-order valence-corrected chi connectivity index (χ4v) is 7.27. The Balaban J connectivity index is 1.13. The number of ether oxygens (including phenoxy) is 1. The number of urea groups is 1. The minimum atomic E-state index is -5.28. The summed E-state index contributed by atoms with van der Waals surface area (Å²) in [5.74, 6) is -3.00. The van der Waals surface area contributed by atoms with Gasteiger partial charge >= 0.3 is 18.2 Å². The van der Waals surface area contributed by atoms with Crippen molar-refractivity contribution in [2.75, 3.05) is 36.5 Å². The van der Waals surface area contributed by atoms with Crippen LogP contribution in [0.5, 0.6) is 0 Å². The van der Waals surface area contributed by atoms with Crippen molar-refractivity contribution in [1.29, 1.82) is 0 Å². The molecule has 7 rings (SSSR count). The topological polar surface area (TPSA) is 209 Å². The van der Waals surface area contributed by atoms with Crippen LogP contribution in [0.2, 0.25) is 0 Å². The first kappa shape index (κ1) is 39.9. The van der Waals surface area contributed by atoms with Gasteiger partial charge in [-0.1, -0.05) is 66.7 Å². The van der Waals surface area contributed by atoms with Gasteiger partial charge in [0.2, 0.25) is 5.95 Å². The van der Waals surface area contributed by atoms with E-state index < -0.39 is 49.0 Å². The van der Waals surface area contributed by atoms with E-state index >= 15 is 0 Å². The van der Waals surface area contributed by atoms with Crippen LogP contribution >= 0.6 is 0 Å². The molecular weight excluding hydrogens is 761 g/mol. The molecule has 1 saturated carbocycles. The van der Waals surface area contributed by atoms with Gasteiger partial charge < -0.3 is 45.7 Å². The first-order valence-electron chi connectivity index (χ1n) is 18.6. The number of esters is 1. The standard InChI is InChI=1S/C39H41F3N10O6/c40-39(41,42)36(56)58-21-30(53)48-28-17-29(33(55)32(28)54)52-22-46-31-34(44-19-27(23-9-3-1-4-10-23)24-11-5-2-6-12-24)49-37(50-35(31)52)51-16-14-26(20-51)47-38(57)45-18-25-13-7-8-15-43-25/h1-13,15,22,26-29,32-33,54-55H,14,16-21H2,(H,48,53)(H,44,49,50)(H2,45,47,57)/t26-,28+,29-,32-,33+/m1/s1. The molecule has 0 spiro atoms. The van der Waals surface area contributed by atoms with Gasteiger partial charge in [-0.05, 0) is 36.1 Å². The zero-order valence-corrected chi connectivity index (χ0v) is 30.9. The number of imidazole rings is 1. The molecule has 58 heavy (non-hydrogen) atoms. The molecule has 19 heteroatoms. The molecule has 5 aromatic rings. The van der Waals surface area contributed by atoms with Crippen molar-refractivity contribution in [3.05, 3.63) is 108 Å². The summed E-state index contributed by atoms with van der Waals surface area (Å²) in [5.41, 5.74) is 3.51. The number of benzene rings is 2. The van der Waals surface area contributed by atoms with Crippen LogP contribution in [0.4, 0.5) is 29.7 Å². The first-order valence-corrected chi connectivity index (χ1v) is 18.6. The molecule has 1 aliphatic carbocycles. The van der Waals surface area contributed by atoms with E-state index in [0.29, 0.717) is 54.7 Å². The van der Waals surface area contributed by atoms with Gasteiger partial charge in [0, 0.05) is 37.8 Å². The van der Waals surface area contributed by atoms with E-state index in [4.69, 9.17) is 9.97 Å². The van der Waals surface area contributed by atoms with Crippen molar-refractivity contribution in [3.8, 4) is 0 Å². The van der Waals surface area contributed by atoms with E-state index in [1.165, 1.54) is 6.33 Å². The van der Waals surface area contributed by atoms with Gasteiger partial charge in [-0.25, -0.2) is 14.6 Å². The molecule has 304 valence electrons. The second-order valence-corrected chi connectivity index (χ2v) is 14.1. The van der Waals surface area contributed by atoms with E-state index in [1.807, 2.05) is 77.7 Å². The number of aliphatic hydroxyl groups excluding tert-OH is 2. The maximum Gasteiger partial charge on any atom is 0.490 e. The number of anilines is 2. The molecule has 4 heterocycles. The van der Waals surface area contributed by atoms with Crippen molar-refractivity contribution in [3.63, 3.8) is 0 Å². The molecule has 2 aliphatic rings. The number of alkyl halides is 3. The van der Waals surface area contributed by atoms with Gasteiger partial charge in [0.15, 0.2) is 23.6 Å². The summed E-state index contributed by atoms with van der Waals surface area (Å²) in [7, 11) is 0. The third kappa shape index (κ3) is 9.26. The number of carbonyl (C=O) groups excluding carboxylic acids is 3. The SMILES string of the molecule is O=C(COC(=O)C(F)(F)F)N[C@H]1C[C@@H](n2cnc3c(NCC(c4ccccc4)c4ccccc4)nc(N4CC[C@@H](NC(=O)NCc5ccccn5)C4)nc32)[C@H](O)[C@@H]1O. The molecule has 0 unspecified atom stereocenters. The van der Waals surface area contributed by atoms with Crippen LogP contribution < -0.4 is 26.2 Å². The normalized spacial score (nSPS) is 20.6. The molecule has 3 amide bonds. The molecule has 0 bridgehead atoms. The Kier molecular flexibility index (Phi) is 12.0. The Bertz CT molecular complexity index is 2160. The number of nitrogens with one attached hydrogen (secondary N) is 4. The van der Waals surface area contributed by atoms with Gasteiger partial charge in [0.25, 0.3) is 5.91 Å². The molecule has 16 nitrogen and oxygen atoms in total. The van der Waals surface area contributed by atoms with Crippen molar-refractivity contribution in [2.45, 2.75) is 61.8 Å². The Hall–Kier alpha value is -6.34. The van der Waals surface area contributed by atoms with Crippen LogP contribution in [0.15, 0.2) is 91.4 Å². The fraction of sp³-hybridized carbons (Fsp3) is 0.359.